The normalized spacial score (nSPS) is 14.3. The maximum absolute atomic E-state index is 12.7. The van der Waals surface area contributed by atoms with Gasteiger partial charge in [-0.1, -0.05) is 12.1 Å². The molecule has 1 amide bonds. The first-order valence-electron chi connectivity index (χ1n) is 5.98. The van der Waals surface area contributed by atoms with Gasteiger partial charge >= 0.3 is 12.1 Å². The first kappa shape index (κ1) is 17.0. The largest absolute Gasteiger partial charge is 0.480 e. The van der Waals surface area contributed by atoms with Gasteiger partial charge in [-0.05, 0) is 31.5 Å². The molecule has 1 unspecified atom stereocenters. The average Bonchev–Trinajstić information content (AvgIpc) is 2.34. The Hall–Kier alpha value is -2.09. The van der Waals surface area contributed by atoms with Gasteiger partial charge in [-0.2, -0.15) is 13.2 Å². The molecule has 0 heterocycles. The Morgan fingerprint density at radius 1 is 1.29 bits per heavy atom. The minimum Gasteiger partial charge on any atom is -0.480 e. The molecule has 0 saturated heterocycles. The number of nitrogens with one attached hydrogen (secondary N) is 2. The number of aryl methyl sites for hydroxylation is 1. The lowest BCUT2D eigenvalue weighted by molar-refractivity contribution is -0.205. The van der Waals surface area contributed by atoms with Gasteiger partial charge in [0, 0.05) is 5.69 Å². The molecule has 0 aliphatic heterocycles. The van der Waals surface area contributed by atoms with E-state index in [4.69, 9.17) is 5.11 Å². The Kier molecular flexibility index (Phi) is 4.95. The van der Waals surface area contributed by atoms with E-state index in [0.717, 1.165) is 5.56 Å². The molecule has 8 heteroatoms. The third-order valence-electron chi connectivity index (χ3n) is 2.90. The Morgan fingerprint density at radius 3 is 2.38 bits per heavy atom. The van der Waals surface area contributed by atoms with E-state index in [-0.39, 0.29) is 0 Å². The maximum atomic E-state index is 12.7. The molecule has 1 atom stereocenters. The lowest BCUT2D eigenvalue weighted by Crippen LogP contribution is -2.61. The van der Waals surface area contributed by atoms with Crippen LogP contribution in [0.1, 0.15) is 12.5 Å². The molecule has 1 aromatic rings. The predicted molar refractivity (Wildman–Crippen MR) is 69.9 cm³/mol. The highest BCUT2D eigenvalue weighted by molar-refractivity contribution is 5.93. The molecule has 21 heavy (non-hydrogen) atoms. The summed E-state index contributed by atoms with van der Waals surface area (Å²) in [5, 5.41) is 12.8. The Morgan fingerprint density at radius 2 is 1.90 bits per heavy atom. The minimum atomic E-state index is -5.03. The second kappa shape index (κ2) is 6.13. The summed E-state index contributed by atoms with van der Waals surface area (Å²) in [7, 11) is 0. The van der Waals surface area contributed by atoms with E-state index in [1.54, 1.807) is 36.5 Å². The van der Waals surface area contributed by atoms with Gasteiger partial charge in [0.25, 0.3) is 0 Å². The van der Waals surface area contributed by atoms with Crippen LogP contribution in [-0.2, 0) is 9.59 Å². The summed E-state index contributed by atoms with van der Waals surface area (Å²) in [5.41, 5.74) is -1.89. The van der Waals surface area contributed by atoms with Gasteiger partial charge in [0.05, 0.1) is 6.54 Å². The van der Waals surface area contributed by atoms with Gasteiger partial charge in [0.1, 0.15) is 0 Å². The number of aliphatic carboxylic acids is 1. The molecule has 0 spiro atoms. The average molecular weight is 304 g/mol. The van der Waals surface area contributed by atoms with E-state index in [0.29, 0.717) is 12.6 Å². The Bertz CT molecular complexity index is 546. The van der Waals surface area contributed by atoms with E-state index in [9.17, 15) is 22.8 Å². The van der Waals surface area contributed by atoms with Gasteiger partial charge in [-0.15, -0.1) is 0 Å². The molecule has 0 saturated carbocycles. The van der Waals surface area contributed by atoms with Crippen LogP contribution in [-0.4, -0.2) is 35.2 Å². The van der Waals surface area contributed by atoms with Crippen molar-refractivity contribution in [3.05, 3.63) is 29.8 Å². The van der Waals surface area contributed by atoms with Crippen molar-refractivity contribution in [2.45, 2.75) is 25.6 Å². The number of carboxylic acids is 1. The summed E-state index contributed by atoms with van der Waals surface area (Å²) >= 11 is 0. The summed E-state index contributed by atoms with van der Waals surface area (Å²) in [6, 6.07) is 6.68. The zero-order chi connectivity index (χ0) is 16.3. The van der Waals surface area contributed by atoms with Crippen molar-refractivity contribution >= 4 is 17.6 Å². The van der Waals surface area contributed by atoms with Gasteiger partial charge in [-0.25, -0.2) is 4.79 Å². The van der Waals surface area contributed by atoms with Crippen LogP contribution in [0.3, 0.4) is 0 Å². The number of hydrogen-bond donors (Lipinski definition) is 3. The topological polar surface area (TPSA) is 78.4 Å². The maximum Gasteiger partial charge on any atom is 0.417 e. The smallest absolute Gasteiger partial charge is 0.417 e. The van der Waals surface area contributed by atoms with Gasteiger partial charge in [-0.3, -0.25) is 10.1 Å². The van der Waals surface area contributed by atoms with Gasteiger partial charge in [0.2, 0.25) is 11.4 Å². The number of alkyl halides is 3. The summed E-state index contributed by atoms with van der Waals surface area (Å²) in [4.78, 5) is 22.4. The van der Waals surface area contributed by atoms with Crippen molar-refractivity contribution in [1.29, 1.82) is 0 Å². The third kappa shape index (κ3) is 4.19. The highest BCUT2D eigenvalue weighted by Crippen LogP contribution is 2.30. The lowest BCUT2D eigenvalue weighted by Gasteiger charge is -2.28. The van der Waals surface area contributed by atoms with Crippen molar-refractivity contribution in [3.8, 4) is 0 Å². The van der Waals surface area contributed by atoms with E-state index < -0.39 is 30.1 Å². The summed E-state index contributed by atoms with van der Waals surface area (Å²) < 4.78 is 38.1. The number of anilines is 1. The fraction of sp³-hybridized carbons (Fsp3) is 0.385. The van der Waals surface area contributed by atoms with Crippen LogP contribution < -0.4 is 10.6 Å². The number of rotatable bonds is 5. The molecule has 0 aliphatic rings. The van der Waals surface area contributed by atoms with E-state index >= 15 is 0 Å². The second-order valence-electron chi connectivity index (χ2n) is 4.70. The molecule has 1 aromatic carbocycles. The number of hydrogen-bond acceptors (Lipinski definition) is 3. The fourth-order valence-electron chi connectivity index (χ4n) is 1.48. The van der Waals surface area contributed by atoms with Gasteiger partial charge < -0.3 is 10.4 Å². The highest BCUT2D eigenvalue weighted by Gasteiger charge is 2.57. The van der Waals surface area contributed by atoms with Crippen LogP contribution in [0.4, 0.5) is 18.9 Å². The summed E-state index contributed by atoms with van der Waals surface area (Å²) in [5.74, 6) is -2.87. The molecular formula is C13H15F3N2O3. The molecule has 0 radical (unpaired) electrons. The minimum absolute atomic E-state index is 0.422. The lowest BCUT2D eigenvalue weighted by atomic mass is 10.0. The SMILES string of the molecule is Cc1cccc(NC(=O)CNC(C)(C(=O)O)C(F)(F)F)c1. The number of carboxylic acid groups (broad SMARTS) is 1. The molecule has 0 fully saturated rings. The number of halogens is 3. The number of carbonyl (C=O) groups excluding carboxylic acids is 1. The van der Waals surface area contributed by atoms with E-state index in [1.807, 2.05) is 0 Å². The standard InChI is InChI=1S/C13H15F3N2O3/c1-8-4-3-5-9(6-8)18-10(19)7-17-12(2,11(20)21)13(14,15)16/h3-6,17H,7H2,1-2H3,(H,18,19)(H,20,21). The zero-order valence-corrected chi connectivity index (χ0v) is 11.4. The summed E-state index contributed by atoms with van der Waals surface area (Å²) in [6.45, 7) is 1.48. The molecule has 5 nitrogen and oxygen atoms in total. The fourth-order valence-corrected chi connectivity index (χ4v) is 1.48. The van der Waals surface area contributed by atoms with Crippen molar-refractivity contribution in [2.24, 2.45) is 0 Å². The first-order chi connectivity index (χ1) is 9.56. The molecular weight excluding hydrogens is 289 g/mol. The molecule has 0 aliphatic carbocycles. The van der Waals surface area contributed by atoms with Crippen molar-refractivity contribution in [3.63, 3.8) is 0 Å². The zero-order valence-electron chi connectivity index (χ0n) is 11.4. The quantitative estimate of drug-likeness (QED) is 0.776. The van der Waals surface area contributed by atoms with Gasteiger partial charge in [0.15, 0.2) is 0 Å². The molecule has 116 valence electrons. The number of carbonyl (C=O) groups is 2. The van der Waals surface area contributed by atoms with Crippen LogP contribution in [0.15, 0.2) is 24.3 Å². The summed E-state index contributed by atoms with van der Waals surface area (Å²) in [6.07, 6.45) is -5.03. The highest BCUT2D eigenvalue weighted by atomic mass is 19.4. The number of amides is 1. The number of benzene rings is 1. The predicted octanol–water partition coefficient (Wildman–Crippen LogP) is 1.93. The molecule has 0 bridgehead atoms. The molecule has 1 rings (SSSR count). The molecule has 3 N–H and O–H groups in total. The van der Waals surface area contributed by atoms with E-state index in [2.05, 4.69) is 5.32 Å². The van der Waals surface area contributed by atoms with Crippen LogP contribution in [0, 0.1) is 6.92 Å². The van der Waals surface area contributed by atoms with Crippen LogP contribution >= 0.6 is 0 Å². The van der Waals surface area contributed by atoms with Crippen molar-refractivity contribution < 1.29 is 27.9 Å². The van der Waals surface area contributed by atoms with Crippen molar-refractivity contribution in [2.75, 3.05) is 11.9 Å². The van der Waals surface area contributed by atoms with Crippen LogP contribution in [0.2, 0.25) is 0 Å². The molecule has 0 aromatic heterocycles. The Labute approximate surface area is 119 Å². The first-order valence-corrected chi connectivity index (χ1v) is 5.98. The Balaban J connectivity index is 2.69. The second-order valence-corrected chi connectivity index (χ2v) is 4.70. The van der Waals surface area contributed by atoms with E-state index in [1.165, 1.54) is 0 Å². The van der Waals surface area contributed by atoms with Crippen LogP contribution in [0.5, 0.6) is 0 Å². The van der Waals surface area contributed by atoms with Crippen molar-refractivity contribution in [1.82, 2.24) is 5.32 Å². The third-order valence-corrected chi connectivity index (χ3v) is 2.90. The van der Waals surface area contributed by atoms with Crippen LogP contribution in [0.25, 0.3) is 0 Å². The monoisotopic (exact) mass is 304 g/mol.